The van der Waals surface area contributed by atoms with Crippen LogP contribution < -0.4 is 10.6 Å². The van der Waals surface area contributed by atoms with Crippen LogP contribution in [-0.4, -0.2) is 10.7 Å². The molecule has 3 heteroatoms. The van der Waals surface area contributed by atoms with E-state index in [4.69, 9.17) is 12.2 Å². The molecule has 2 N–H and O–H groups in total. The Bertz CT molecular complexity index is 572. The molecule has 4 saturated carbocycles. The maximum Gasteiger partial charge on any atom is 0.171 e. The molecule has 0 heterocycles. The van der Waals surface area contributed by atoms with Gasteiger partial charge in [-0.05, 0) is 94.0 Å². The van der Waals surface area contributed by atoms with Crippen molar-refractivity contribution in [1.82, 2.24) is 5.32 Å². The highest BCUT2D eigenvalue weighted by Crippen LogP contribution is 2.55. The molecule has 0 amide bonds. The molecule has 5 rings (SSSR count). The molecule has 1 aromatic carbocycles. The predicted molar refractivity (Wildman–Crippen MR) is 96.2 cm³/mol. The molecule has 4 bridgehead atoms. The van der Waals surface area contributed by atoms with E-state index in [2.05, 4.69) is 42.7 Å². The van der Waals surface area contributed by atoms with Crippen molar-refractivity contribution in [2.24, 2.45) is 17.8 Å². The largest absolute Gasteiger partial charge is 0.357 e. The highest BCUT2D eigenvalue weighted by Gasteiger charge is 2.51. The van der Waals surface area contributed by atoms with Crippen LogP contribution in [0.3, 0.4) is 0 Å². The van der Waals surface area contributed by atoms with Gasteiger partial charge in [-0.1, -0.05) is 17.7 Å². The second-order valence-electron chi connectivity index (χ2n) is 8.10. The van der Waals surface area contributed by atoms with Gasteiger partial charge in [-0.3, -0.25) is 0 Å². The van der Waals surface area contributed by atoms with Crippen molar-refractivity contribution in [2.45, 2.75) is 57.9 Å². The van der Waals surface area contributed by atoms with E-state index in [0.717, 1.165) is 28.6 Å². The van der Waals surface area contributed by atoms with Crippen LogP contribution in [-0.2, 0) is 0 Å². The quantitative estimate of drug-likeness (QED) is 0.783. The second kappa shape index (κ2) is 5.23. The van der Waals surface area contributed by atoms with Gasteiger partial charge in [0.25, 0.3) is 0 Å². The topological polar surface area (TPSA) is 24.1 Å². The van der Waals surface area contributed by atoms with Crippen LogP contribution in [0.15, 0.2) is 18.2 Å². The normalized spacial score (nSPS) is 35.5. The van der Waals surface area contributed by atoms with Gasteiger partial charge in [0.05, 0.1) is 0 Å². The van der Waals surface area contributed by atoms with Crippen LogP contribution in [0.2, 0.25) is 0 Å². The molecule has 0 radical (unpaired) electrons. The number of hydrogen-bond acceptors (Lipinski definition) is 1. The number of nitrogens with one attached hydrogen (secondary N) is 2. The molecule has 0 spiro atoms. The smallest absolute Gasteiger partial charge is 0.171 e. The third-order valence-electron chi connectivity index (χ3n) is 6.05. The second-order valence-corrected chi connectivity index (χ2v) is 8.50. The third-order valence-corrected chi connectivity index (χ3v) is 6.25. The minimum Gasteiger partial charge on any atom is -0.357 e. The molecule has 4 fully saturated rings. The first-order valence-electron chi connectivity index (χ1n) is 8.68. The summed E-state index contributed by atoms with van der Waals surface area (Å²) in [6.45, 7) is 4.27. The lowest BCUT2D eigenvalue weighted by Crippen LogP contribution is -2.60. The van der Waals surface area contributed by atoms with E-state index < -0.39 is 0 Å². The lowest BCUT2D eigenvalue weighted by atomic mass is 9.53. The Morgan fingerprint density at radius 3 is 2.18 bits per heavy atom. The Kier molecular flexibility index (Phi) is 3.44. The number of benzene rings is 1. The number of aryl methyl sites for hydroxylation is 2. The first-order chi connectivity index (χ1) is 10.5. The van der Waals surface area contributed by atoms with Crippen LogP contribution >= 0.6 is 12.2 Å². The van der Waals surface area contributed by atoms with Crippen molar-refractivity contribution in [3.05, 3.63) is 29.3 Å². The lowest BCUT2D eigenvalue weighted by Gasteiger charge is -2.57. The monoisotopic (exact) mass is 314 g/mol. The summed E-state index contributed by atoms with van der Waals surface area (Å²) in [4.78, 5) is 0. The van der Waals surface area contributed by atoms with Crippen molar-refractivity contribution in [1.29, 1.82) is 0 Å². The van der Waals surface area contributed by atoms with E-state index in [1.165, 1.54) is 49.7 Å². The van der Waals surface area contributed by atoms with Gasteiger partial charge in [0.2, 0.25) is 0 Å². The van der Waals surface area contributed by atoms with Crippen LogP contribution in [0.25, 0.3) is 0 Å². The van der Waals surface area contributed by atoms with E-state index in [1.807, 2.05) is 0 Å². The molecule has 4 aliphatic carbocycles. The highest BCUT2D eigenvalue weighted by atomic mass is 32.1. The van der Waals surface area contributed by atoms with Gasteiger partial charge in [0, 0.05) is 11.2 Å². The Hall–Kier alpha value is -1.09. The molecule has 0 aromatic heterocycles. The first-order valence-corrected chi connectivity index (χ1v) is 9.09. The number of thiocarbonyl (C=S) groups is 1. The van der Waals surface area contributed by atoms with E-state index in [1.54, 1.807) is 0 Å². The summed E-state index contributed by atoms with van der Waals surface area (Å²) in [6, 6.07) is 6.48. The third kappa shape index (κ3) is 2.64. The summed E-state index contributed by atoms with van der Waals surface area (Å²) in [5, 5.41) is 7.98. The SMILES string of the molecule is Cc1ccc(NC(=S)NC23CC4CC(CC(C4)C2)C3)c(C)c1. The van der Waals surface area contributed by atoms with Gasteiger partial charge in [0.15, 0.2) is 5.11 Å². The zero-order chi connectivity index (χ0) is 15.3. The Morgan fingerprint density at radius 2 is 1.64 bits per heavy atom. The maximum absolute atomic E-state index is 5.64. The van der Waals surface area contributed by atoms with Gasteiger partial charge in [0.1, 0.15) is 0 Å². The molecule has 118 valence electrons. The van der Waals surface area contributed by atoms with E-state index in [0.29, 0.717) is 0 Å². The van der Waals surface area contributed by atoms with E-state index >= 15 is 0 Å². The van der Waals surface area contributed by atoms with Crippen LogP contribution in [0, 0.1) is 31.6 Å². The molecule has 0 aliphatic heterocycles. The van der Waals surface area contributed by atoms with E-state index in [9.17, 15) is 0 Å². The average molecular weight is 314 g/mol. The van der Waals surface area contributed by atoms with Crippen LogP contribution in [0.1, 0.15) is 49.7 Å². The van der Waals surface area contributed by atoms with Crippen molar-refractivity contribution < 1.29 is 0 Å². The van der Waals surface area contributed by atoms with Crippen molar-refractivity contribution >= 4 is 23.0 Å². The predicted octanol–water partition coefficient (Wildman–Crippen LogP) is 4.56. The Balaban J connectivity index is 1.46. The van der Waals surface area contributed by atoms with Gasteiger partial charge < -0.3 is 10.6 Å². The number of anilines is 1. The van der Waals surface area contributed by atoms with Gasteiger partial charge in [-0.25, -0.2) is 0 Å². The summed E-state index contributed by atoms with van der Waals surface area (Å²) in [6.07, 6.45) is 8.39. The lowest BCUT2D eigenvalue weighted by molar-refractivity contribution is -0.00972. The number of hydrogen-bond donors (Lipinski definition) is 2. The molecule has 1 aromatic rings. The summed E-state index contributed by atoms with van der Waals surface area (Å²) in [5.41, 5.74) is 3.97. The minimum atomic E-state index is 0.289. The fourth-order valence-corrected chi connectivity index (χ4v) is 5.94. The fourth-order valence-electron chi connectivity index (χ4n) is 5.61. The van der Waals surface area contributed by atoms with Gasteiger partial charge in [-0.2, -0.15) is 0 Å². The van der Waals surface area contributed by atoms with Crippen LogP contribution in [0.4, 0.5) is 5.69 Å². The zero-order valence-electron chi connectivity index (χ0n) is 13.6. The molecule has 0 unspecified atom stereocenters. The number of rotatable bonds is 2. The van der Waals surface area contributed by atoms with Gasteiger partial charge in [-0.15, -0.1) is 0 Å². The van der Waals surface area contributed by atoms with E-state index in [-0.39, 0.29) is 5.54 Å². The molecule has 0 saturated heterocycles. The fraction of sp³-hybridized carbons (Fsp3) is 0.632. The summed E-state index contributed by atoms with van der Waals surface area (Å²) in [5.74, 6) is 2.84. The summed E-state index contributed by atoms with van der Waals surface area (Å²) < 4.78 is 0. The summed E-state index contributed by atoms with van der Waals surface area (Å²) in [7, 11) is 0. The van der Waals surface area contributed by atoms with Gasteiger partial charge >= 0.3 is 0 Å². The molecular formula is C19H26N2S. The van der Waals surface area contributed by atoms with Crippen LogP contribution in [0.5, 0.6) is 0 Å². The molecular weight excluding hydrogens is 288 g/mol. The molecule has 2 nitrogen and oxygen atoms in total. The molecule has 0 atom stereocenters. The Labute approximate surface area is 139 Å². The zero-order valence-corrected chi connectivity index (χ0v) is 14.4. The van der Waals surface area contributed by atoms with Crippen molar-refractivity contribution in [3.63, 3.8) is 0 Å². The Morgan fingerprint density at radius 1 is 1.05 bits per heavy atom. The molecule has 22 heavy (non-hydrogen) atoms. The van der Waals surface area contributed by atoms with Crippen molar-refractivity contribution in [3.8, 4) is 0 Å². The summed E-state index contributed by atoms with van der Waals surface area (Å²) >= 11 is 5.64. The standard InChI is InChI=1S/C19H26N2S/c1-12-3-4-17(13(2)5-12)20-18(22)21-19-9-14-6-15(10-19)8-16(7-14)11-19/h3-5,14-16H,6-11H2,1-2H3,(H2,20,21,22). The van der Waals surface area contributed by atoms with Crippen molar-refractivity contribution in [2.75, 3.05) is 5.32 Å². The minimum absolute atomic E-state index is 0.289. The first kappa shape index (κ1) is 14.5. The average Bonchev–Trinajstić information content (AvgIpc) is 2.39. The highest BCUT2D eigenvalue weighted by molar-refractivity contribution is 7.80. The molecule has 4 aliphatic rings. The maximum atomic E-state index is 5.64.